The van der Waals surface area contributed by atoms with Gasteiger partial charge in [0.1, 0.15) is 11.8 Å². The monoisotopic (exact) mass is 452 g/mol. The highest BCUT2D eigenvalue weighted by atomic mass is 32.2. The average molecular weight is 453 g/mol. The summed E-state index contributed by atoms with van der Waals surface area (Å²) in [6, 6.07) is 11.4. The summed E-state index contributed by atoms with van der Waals surface area (Å²) < 4.78 is 32.4. The fourth-order valence-corrected chi connectivity index (χ4v) is 5.21. The van der Waals surface area contributed by atoms with Gasteiger partial charge in [-0.1, -0.05) is 18.1 Å². The Morgan fingerprint density at radius 1 is 1.06 bits per heavy atom. The maximum atomic E-state index is 12.7. The Morgan fingerprint density at radius 3 is 2.50 bits per heavy atom. The van der Waals surface area contributed by atoms with Crippen LogP contribution in [0.25, 0.3) is 17.0 Å². The van der Waals surface area contributed by atoms with E-state index in [0.717, 1.165) is 24.8 Å². The number of carbonyl (C=O) groups excluding carboxylic acids is 1. The Kier molecular flexibility index (Phi) is 6.25. The van der Waals surface area contributed by atoms with E-state index in [2.05, 4.69) is 5.32 Å². The van der Waals surface area contributed by atoms with Crippen LogP contribution in [0, 0.1) is 6.92 Å². The van der Waals surface area contributed by atoms with Crippen LogP contribution in [0.5, 0.6) is 0 Å². The number of benzene rings is 2. The minimum Gasteiger partial charge on any atom is -0.463 e. The lowest BCUT2D eigenvalue weighted by Gasteiger charge is -2.25. The Balaban J connectivity index is 1.45. The Bertz CT molecular complexity index is 1340. The second kappa shape index (κ2) is 9.10. The molecule has 1 fully saturated rings. The topological polar surface area (TPSA) is 96.7 Å². The van der Waals surface area contributed by atoms with E-state index < -0.39 is 15.9 Å². The van der Waals surface area contributed by atoms with Crippen molar-refractivity contribution in [1.29, 1.82) is 0 Å². The van der Waals surface area contributed by atoms with Crippen LogP contribution in [0.3, 0.4) is 0 Å². The summed E-state index contributed by atoms with van der Waals surface area (Å²) in [5, 5.41) is 3.13. The van der Waals surface area contributed by atoms with E-state index in [1.54, 1.807) is 24.3 Å². The van der Waals surface area contributed by atoms with E-state index >= 15 is 0 Å². The van der Waals surface area contributed by atoms with E-state index in [9.17, 15) is 18.0 Å². The van der Waals surface area contributed by atoms with Crippen LogP contribution in [0.15, 0.2) is 68.9 Å². The minimum atomic E-state index is -3.52. The molecule has 1 aromatic heterocycles. The highest BCUT2D eigenvalue weighted by Crippen LogP contribution is 2.22. The number of nitrogens with zero attached hydrogens (tertiary/aromatic N) is 1. The van der Waals surface area contributed by atoms with E-state index in [0.29, 0.717) is 29.7 Å². The van der Waals surface area contributed by atoms with Gasteiger partial charge < -0.3 is 9.73 Å². The van der Waals surface area contributed by atoms with Gasteiger partial charge >= 0.3 is 0 Å². The van der Waals surface area contributed by atoms with E-state index in [1.807, 2.05) is 13.0 Å². The van der Waals surface area contributed by atoms with Crippen LogP contribution < -0.4 is 10.7 Å². The molecule has 0 aliphatic carbocycles. The number of sulfonamides is 1. The van der Waals surface area contributed by atoms with Gasteiger partial charge in [0.2, 0.25) is 15.9 Å². The molecule has 0 spiro atoms. The lowest BCUT2D eigenvalue weighted by Crippen LogP contribution is -2.35. The molecule has 1 amide bonds. The summed E-state index contributed by atoms with van der Waals surface area (Å²) in [7, 11) is -3.52. The molecule has 1 N–H and O–H groups in total. The van der Waals surface area contributed by atoms with Gasteiger partial charge in [-0.15, -0.1) is 0 Å². The fourth-order valence-electron chi connectivity index (χ4n) is 3.69. The molecule has 0 radical (unpaired) electrons. The largest absolute Gasteiger partial charge is 0.463 e. The quantitative estimate of drug-likeness (QED) is 0.592. The van der Waals surface area contributed by atoms with Crippen LogP contribution in [0.2, 0.25) is 0 Å². The van der Waals surface area contributed by atoms with Crippen LogP contribution in [0.1, 0.15) is 30.4 Å². The van der Waals surface area contributed by atoms with Crippen molar-refractivity contribution in [3.8, 4) is 0 Å². The third kappa shape index (κ3) is 4.66. The van der Waals surface area contributed by atoms with Crippen molar-refractivity contribution in [2.75, 3.05) is 18.4 Å². The van der Waals surface area contributed by atoms with Crippen LogP contribution in [0.4, 0.5) is 5.69 Å². The molecular weight excluding hydrogens is 428 g/mol. The molecule has 7 nitrogen and oxygen atoms in total. The molecule has 0 saturated carbocycles. The predicted molar refractivity (Wildman–Crippen MR) is 124 cm³/mol. The van der Waals surface area contributed by atoms with Crippen molar-refractivity contribution in [1.82, 2.24) is 4.31 Å². The van der Waals surface area contributed by atoms with Gasteiger partial charge in [0, 0.05) is 24.9 Å². The minimum absolute atomic E-state index is 0.206. The zero-order valence-corrected chi connectivity index (χ0v) is 18.5. The first-order chi connectivity index (χ1) is 15.3. The standard InChI is InChI=1S/C24H24N2O5S/c1-17-5-11-22-21(15-17)24(28)18(16-31-22)6-12-23(27)25-19-7-9-20(10-8-19)32(29,30)26-13-3-2-4-14-26/h5-12,15-16H,2-4,13-14H2,1H3,(H,25,27)/b12-6+. The fraction of sp³-hybridized carbons (Fsp3) is 0.250. The lowest BCUT2D eigenvalue weighted by atomic mass is 10.1. The summed E-state index contributed by atoms with van der Waals surface area (Å²) in [4.78, 5) is 25.1. The zero-order valence-electron chi connectivity index (χ0n) is 17.7. The van der Waals surface area contributed by atoms with Crippen LogP contribution in [-0.2, 0) is 14.8 Å². The third-order valence-corrected chi connectivity index (χ3v) is 7.36. The summed E-state index contributed by atoms with van der Waals surface area (Å²) >= 11 is 0. The number of hydrogen-bond acceptors (Lipinski definition) is 5. The highest BCUT2D eigenvalue weighted by molar-refractivity contribution is 7.89. The molecule has 0 atom stereocenters. The molecule has 32 heavy (non-hydrogen) atoms. The molecule has 0 unspecified atom stereocenters. The number of anilines is 1. The molecule has 166 valence electrons. The van der Waals surface area contributed by atoms with Gasteiger partial charge in [0.25, 0.3) is 0 Å². The summed E-state index contributed by atoms with van der Waals surface area (Å²) in [5.41, 5.74) is 1.93. The number of carbonyl (C=O) groups is 1. The smallest absolute Gasteiger partial charge is 0.248 e. The van der Waals surface area contributed by atoms with Crippen molar-refractivity contribution >= 4 is 38.7 Å². The van der Waals surface area contributed by atoms with Crippen molar-refractivity contribution in [2.24, 2.45) is 0 Å². The zero-order chi connectivity index (χ0) is 22.7. The van der Waals surface area contributed by atoms with Crippen molar-refractivity contribution in [2.45, 2.75) is 31.1 Å². The molecule has 1 aliphatic heterocycles. The van der Waals surface area contributed by atoms with Crippen LogP contribution in [-0.4, -0.2) is 31.7 Å². The number of aryl methyl sites for hydroxylation is 1. The predicted octanol–water partition coefficient (Wildman–Crippen LogP) is 3.93. The van der Waals surface area contributed by atoms with Crippen molar-refractivity contribution < 1.29 is 17.6 Å². The third-order valence-electron chi connectivity index (χ3n) is 5.44. The maximum Gasteiger partial charge on any atom is 0.248 e. The molecule has 3 aromatic rings. The maximum absolute atomic E-state index is 12.7. The Labute approximate surface area is 186 Å². The Morgan fingerprint density at radius 2 is 1.78 bits per heavy atom. The number of piperidine rings is 1. The Hall–Kier alpha value is -3.23. The average Bonchev–Trinajstić information content (AvgIpc) is 2.80. The van der Waals surface area contributed by atoms with Crippen molar-refractivity contribution in [3.05, 3.63) is 76.2 Å². The van der Waals surface area contributed by atoms with E-state index in [1.165, 1.54) is 34.9 Å². The lowest BCUT2D eigenvalue weighted by molar-refractivity contribution is -0.111. The molecule has 4 rings (SSSR count). The van der Waals surface area contributed by atoms with Crippen molar-refractivity contribution in [3.63, 3.8) is 0 Å². The second-order valence-electron chi connectivity index (χ2n) is 7.83. The molecule has 2 aromatic carbocycles. The molecule has 1 saturated heterocycles. The number of rotatable bonds is 5. The summed E-state index contributed by atoms with van der Waals surface area (Å²) in [5.74, 6) is -0.444. The van der Waals surface area contributed by atoms with E-state index in [-0.39, 0.29) is 15.9 Å². The second-order valence-corrected chi connectivity index (χ2v) is 9.77. The molecule has 8 heteroatoms. The van der Waals surface area contributed by atoms with Gasteiger partial charge in [-0.3, -0.25) is 9.59 Å². The summed E-state index contributed by atoms with van der Waals surface area (Å²) in [6.45, 7) is 2.96. The highest BCUT2D eigenvalue weighted by Gasteiger charge is 2.25. The molecular formula is C24H24N2O5S. The first-order valence-electron chi connectivity index (χ1n) is 10.5. The van der Waals surface area contributed by atoms with Gasteiger partial charge in [-0.2, -0.15) is 4.31 Å². The molecule has 0 bridgehead atoms. The molecule has 1 aliphatic rings. The first kappa shape index (κ1) is 22.0. The number of fused-ring (bicyclic) bond motifs is 1. The normalized spacial score (nSPS) is 15.3. The number of hydrogen-bond donors (Lipinski definition) is 1. The van der Waals surface area contributed by atoms with Gasteiger partial charge in [-0.05, 0) is 62.2 Å². The van der Waals surface area contributed by atoms with E-state index in [4.69, 9.17) is 4.42 Å². The summed E-state index contributed by atoms with van der Waals surface area (Å²) in [6.07, 6.45) is 6.75. The SMILES string of the molecule is Cc1ccc2occ(/C=C/C(=O)Nc3ccc(S(=O)(=O)N4CCCCC4)cc3)c(=O)c2c1. The van der Waals surface area contributed by atoms with Gasteiger partial charge in [-0.25, -0.2) is 8.42 Å². The molecule has 2 heterocycles. The van der Waals surface area contributed by atoms with Gasteiger partial charge in [0.15, 0.2) is 5.43 Å². The van der Waals surface area contributed by atoms with Crippen LogP contribution >= 0.6 is 0 Å². The van der Waals surface area contributed by atoms with Gasteiger partial charge in [0.05, 0.1) is 15.8 Å². The first-order valence-corrected chi connectivity index (χ1v) is 11.9. The number of nitrogens with one attached hydrogen (secondary N) is 1. The number of amides is 1.